The lowest BCUT2D eigenvalue weighted by molar-refractivity contribution is -0.139. The van der Waals surface area contributed by atoms with E-state index in [1.807, 2.05) is 32.0 Å². The van der Waals surface area contributed by atoms with Gasteiger partial charge in [-0.1, -0.05) is 20.8 Å². The molecule has 18 nitrogen and oxygen atoms in total. The van der Waals surface area contributed by atoms with Crippen molar-refractivity contribution >= 4 is 68.1 Å². The zero-order valence-corrected chi connectivity index (χ0v) is 39.5. The highest BCUT2D eigenvalue weighted by atomic mass is 32.2. The van der Waals surface area contributed by atoms with E-state index >= 15 is 0 Å². The summed E-state index contributed by atoms with van der Waals surface area (Å²) < 4.78 is 43.4. The Morgan fingerprint density at radius 3 is 2.20 bits per heavy atom. The molecule has 6 N–H and O–H groups in total. The number of hydrogen-bond acceptors (Lipinski definition) is 12. The minimum atomic E-state index is -4.41. The molecule has 2 aliphatic rings. The van der Waals surface area contributed by atoms with E-state index in [9.17, 15) is 36.9 Å². The quantitative estimate of drug-likeness (QED) is 0.0217. The molecule has 19 heteroatoms. The van der Waals surface area contributed by atoms with E-state index in [-0.39, 0.29) is 84.8 Å². The van der Waals surface area contributed by atoms with Gasteiger partial charge < -0.3 is 35.4 Å². The monoisotopic (exact) mass is 918 g/mol. The van der Waals surface area contributed by atoms with Gasteiger partial charge in [-0.3, -0.25) is 43.5 Å². The van der Waals surface area contributed by atoms with Gasteiger partial charge in [0, 0.05) is 109 Å². The van der Waals surface area contributed by atoms with Gasteiger partial charge in [0.2, 0.25) is 11.8 Å². The van der Waals surface area contributed by atoms with E-state index in [0.717, 1.165) is 17.8 Å². The fourth-order valence-electron chi connectivity index (χ4n) is 8.87. The number of Topliss-reactive ketones (excluding diaryl/α,β-unsaturated/α-hetero) is 1. The Balaban J connectivity index is 1.79. The van der Waals surface area contributed by atoms with Gasteiger partial charge >= 0.3 is 5.97 Å². The Labute approximate surface area is 379 Å². The highest BCUT2D eigenvalue weighted by molar-refractivity contribution is 7.85. The number of esters is 1. The molecule has 352 valence electrons. The number of nitrogens with one attached hydrogen (secondary N) is 5. The van der Waals surface area contributed by atoms with Gasteiger partial charge in [0.05, 0.1) is 48.2 Å². The van der Waals surface area contributed by atoms with Gasteiger partial charge in [-0.05, 0) is 69.4 Å². The number of ether oxygens (including phenoxy) is 2. The van der Waals surface area contributed by atoms with Crippen molar-refractivity contribution in [3.8, 4) is 0 Å². The Morgan fingerprint density at radius 2 is 1.55 bits per heavy atom. The van der Waals surface area contributed by atoms with Crippen LogP contribution < -0.4 is 16.0 Å². The van der Waals surface area contributed by atoms with Crippen LogP contribution in [-0.2, 0) is 40.4 Å². The molecule has 0 saturated carbocycles. The number of hydrogen-bond donors (Lipinski definition) is 6. The number of H-pyrrole nitrogens is 2. The van der Waals surface area contributed by atoms with Crippen molar-refractivity contribution < 1.29 is 46.4 Å². The first kappa shape index (κ1) is 50.1. The fraction of sp³-hybridized carbons (Fsp3) is 0.522. The van der Waals surface area contributed by atoms with Crippen LogP contribution in [0, 0.1) is 13.8 Å². The van der Waals surface area contributed by atoms with Crippen molar-refractivity contribution in [3.63, 3.8) is 0 Å². The lowest BCUT2D eigenvalue weighted by Crippen LogP contribution is -2.37. The first-order valence-corrected chi connectivity index (χ1v) is 23.5. The van der Waals surface area contributed by atoms with Crippen LogP contribution in [0.3, 0.4) is 0 Å². The van der Waals surface area contributed by atoms with Crippen molar-refractivity contribution in [1.82, 2.24) is 35.9 Å². The standard InChI is InChI=1S/C46H62N8O10S/c1-10-30-24(2)33-22-38-42(28(6)55)26(4)35(52-38)20-34-25(3)31(12-14-40(57)50-29(11-13-39(56)48-8)15-17-64-23-47-7)44(53-34)32(19-41(58)63-9)45-43(46(59)49-16-18-65(60,61)62)27(5)36(54-45)21-37(30)51-33/h20-25,29-31,52,54H,10-19H2,1-9H3,(H,48,56)(H,49,59)(H,50,57)(H,60,61,62)/t24?,25?,29?,30-,31+/m1/s1. The number of carbonyl (C=O) groups is 5. The highest BCUT2D eigenvalue weighted by Gasteiger charge is 2.35. The number of fused-ring (bicyclic) bond motifs is 8. The predicted octanol–water partition coefficient (Wildman–Crippen LogP) is 5.51. The van der Waals surface area contributed by atoms with E-state index in [1.54, 1.807) is 21.0 Å². The second-order valence-electron chi connectivity index (χ2n) is 16.7. The molecule has 0 radical (unpaired) electrons. The second kappa shape index (κ2) is 21.8. The number of aliphatic imine (C=N–C) groups is 1. The maximum atomic E-state index is 14.3. The second-order valence-corrected chi connectivity index (χ2v) is 18.3. The largest absolute Gasteiger partial charge is 0.483 e. The normalized spacial score (nSPS) is 17.7. The molecule has 0 aromatic carbocycles. The molecule has 0 aliphatic carbocycles. The summed E-state index contributed by atoms with van der Waals surface area (Å²) in [4.78, 5) is 88.0. The molecule has 3 unspecified atom stereocenters. The third kappa shape index (κ3) is 12.0. The third-order valence-electron chi connectivity index (χ3n) is 12.5. The molecular formula is C46H62N8O10S. The van der Waals surface area contributed by atoms with Gasteiger partial charge in [0.25, 0.3) is 16.0 Å². The zero-order chi connectivity index (χ0) is 47.7. The number of aromatic amines is 2. The summed E-state index contributed by atoms with van der Waals surface area (Å²) in [7, 11) is -0.0322. The molecule has 0 saturated heterocycles. The number of methoxy groups -OCH3 is 1. The highest BCUT2D eigenvalue weighted by Crippen LogP contribution is 2.44. The average molecular weight is 919 g/mol. The van der Waals surface area contributed by atoms with Gasteiger partial charge in [-0.15, -0.1) is 0 Å². The third-order valence-corrected chi connectivity index (χ3v) is 13.2. The van der Waals surface area contributed by atoms with Crippen molar-refractivity contribution in [2.24, 2.45) is 4.99 Å². The van der Waals surface area contributed by atoms with E-state index in [1.165, 1.54) is 20.4 Å². The van der Waals surface area contributed by atoms with E-state index in [2.05, 4.69) is 44.8 Å². The number of amides is 3. The molecular weight excluding hydrogens is 857 g/mol. The number of nitrogens with zero attached hydrogens (tertiary/aromatic N) is 3. The summed E-state index contributed by atoms with van der Waals surface area (Å²) in [6.07, 6.45) is 2.96. The molecule has 0 spiro atoms. The average Bonchev–Trinajstić information content (AvgIpc) is 3.94. The summed E-state index contributed by atoms with van der Waals surface area (Å²) in [6.45, 7) is 11.1. The maximum absolute atomic E-state index is 14.3. The van der Waals surface area contributed by atoms with Crippen LogP contribution in [0.4, 0.5) is 0 Å². The molecule has 65 heavy (non-hydrogen) atoms. The van der Waals surface area contributed by atoms with Crippen molar-refractivity contribution in [3.05, 3.63) is 68.8 Å². The van der Waals surface area contributed by atoms with Gasteiger partial charge in [-0.2, -0.15) is 8.42 Å². The van der Waals surface area contributed by atoms with Crippen LogP contribution in [0.2, 0.25) is 0 Å². The first-order chi connectivity index (χ1) is 30.8. The van der Waals surface area contributed by atoms with Crippen molar-refractivity contribution in [2.75, 3.05) is 40.1 Å². The lowest BCUT2D eigenvalue weighted by atomic mass is 9.84. The predicted molar refractivity (Wildman–Crippen MR) is 247 cm³/mol. The van der Waals surface area contributed by atoms with Crippen LogP contribution in [-0.4, -0.2) is 115 Å². The summed E-state index contributed by atoms with van der Waals surface area (Å²) in [5.41, 5.74) is 6.68. The number of ketones is 1. The summed E-state index contributed by atoms with van der Waals surface area (Å²) in [5.74, 6) is -3.53. The van der Waals surface area contributed by atoms with Crippen LogP contribution >= 0.6 is 0 Å². The van der Waals surface area contributed by atoms with E-state index < -0.39 is 40.2 Å². The van der Waals surface area contributed by atoms with E-state index in [4.69, 9.17) is 19.4 Å². The van der Waals surface area contributed by atoms with Gasteiger partial charge in [-0.25, -0.2) is 0 Å². The molecule has 5 rings (SSSR count). The molecule has 8 bridgehead atoms. The molecule has 3 aromatic rings. The summed E-state index contributed by atoms with van der Waals surface area (Å²) in [6, 6.07) is 5.26. The molecule has 5 atom stereocenters. The van der Waals surface area contributed by atoms with E-state index in [0.29, 0.717) is 63.0 Å². The number of rotatable bonds is 19. The maximum Gasteiger partial charge on any atom is 0.310 e. The molecule has 3 amide bonds. The number of aryl methyl sites for hydroxylation is 2. The van der Waals surface area contributed by atoms with Crippen LogP contribution in [0.1, 0.15) is 150 Å². The number of carbonyl (C=O) groups excluding carboxylic acids is 5. The Morgan fingerprint density at radius 1 is 0.908 bits per heavy atom. The number of aromatic nitrogens is 4. The van der Waals surface area contributed by atoms with Crippen molar-refractivity contribution in [2.45, 2.75) is 116 Å². The minimum Gasteiger partial charge on any atom is -0.483 e. The lowest BCUT2D eigenvalue weighted by Gasteiger charge is -2.21. The van der Waals surface area contributed by atoms with Crippen LogP contribution in [0.15, 0.2) is 23.2 Å². The Hall–Kier alpha value is -5.95. The SMILES string of the molecule is CC[C@H]1c2cc3[nH]c(c(CC(=O)OC)c4nc(cc5[nH]c(cc(n2)C1C)c(C(C)=O)c5C)C(C)[C@@H]4CCC(=O)NC(CCOC=NC)CCC(=O)NC)c(C(=O)NCCS(=O)(=O)O)c3C. The smallest absolute Gasteiger partial charge is 0.310 e. The minimum absolute atomic E-state index is 0.0243. The molecule has 3 aromatic heterocycles. The first-order valence-electron chi connectivity index (χ1n) is 21.9. The fourth-order valence-corrected chi connectivity index (χ4v) is 9.23. The molecule has 0 fully saturated rings. The summed E-state index contributed by atoms with van der Waals surface area (Å²) >= 11 is 0. The topological polar surface area (TPSA) is 264 Å². The molecule has 2 aliphatic heterocycles. The van der Waals surface area contributed by atoms with Gasteiger partial charge in [0.15, 0.2) is 12.2 Å². The zero-order valence-electron chi connectivity index (χ0n) is 38.6. The molecule has 5 heterocycles. The Bertz CT molecular complexity index is 2620. The van der Waals surface area contributed by atoms with Crippen LogP contribution in [0.25, 0.3) is 22.1 Å². The van der Waals surface area contributed by atoms with Crippen LogP contribution in [0.5, 0.6) is 0 Å². The van der Waals surface area contributed by atoms with Crippen molar-refractivity contribution in [1.29, 1.82) is 0 Å². The Kier molecular flexibility index (Phi) is 16.8. The summed E-state index contributed by atoms with van der Waals surface area (Å²) in [5, 5.41) is 8.30. The van der Waals surface area contributed by atoms with Gasteiger partial charge in [0.1, 0.15) is 0 Å².